The lowest BCUT2D eigenvalue weighted by molar-refractivity contribution is 0.413. The van der Waals surface area contributed by atoms with Gasteiger partial charge in [-0.3, -0.25) is 9.79 Å². The third-order valence-corrected chi connectivity index (χ3v) is 5.76. The molecular weight excluding hydrogens is 344 g/mol. The van der Waals surface area contributed by atoms with Crippen molar-refractivity contribution >= 4 is 12.3 Å². The Hall–Kier alpha value is -2.94. The van der Waals surface area contributed by atoms with Crippen molar-refractivity contribution in [1.29, 1.82) is 0 Å². The van der Waals surface area contributed by atoms with Crippen LogP contribution in [-0.4, -0.2) is 11.2 Å². The fourth-order valence-corrected chi connectivity index (χ4v) is 4.71. The minimum Gasteiger partial charge on any atom is -0.326 e. The molecule has 0 radical (unpaired) electrons. The number of aromatic nitrogens is 1. The van der Waals surface area contributed by atoms with Crippen LogP contribution in [-0.2, 0) is 12.0 Å². The number of benzene rings is 1. The molecule has 1 aromatic carbocycles. The number of nitrogens with one attached hydrogen (secondary N) is 1. The molecule has 2 aromatic rings. The first-order chi connectivity index (χ1) is 13.5. The topological polar surface area (TPSA) is 45.2 Å². The zero-order valence-corrected chi connectivity index (χ0v) is 16.7. The monoisotopic (exact) mass is 370 g/mol. The molecule has 28 heavy (non-hydrogen) atoms. The molecule has 1 heterocycles. The Kier molecular flexibility index (Phi) is 4.76. The van der Waals surface area contributed by atoms with Gasteiger partial charge in [0.05, 0.1) is 0 Å². The van der Waals surface area contributed by atoms with Gasteiger partial charge in [0.2, 0.25) is 5.56 Å². The highest BCUT2D eigenvalue weighted by atomic mass is 16.1. The fourth-order valence-electron chi connectivity index (χ4n) is 4.71. The number of aromatic amines is 1. The first kappa shape index (κ1) is 18.4. The van der Waals surface area contributed by atoms with Gasteiger partial charge >= 0.3 is 0 Å². The van der Waals surface area contributed by atoms with Crippen LogP contribution in [0.4, 0.5) is 0 Å². The van der Waals surface area contributed by atoms with Gasteiger partial charge in [0.1, 0.15) is 5.54 Å². The van der Waals surface area contributed by atoms with Crippen LogP contribution >= 0.6 is 0 Å². The summed E-state index contributed by atoms with van der Waals surface area (Å²) in [6, 6.07) is 13.9. The molecule has 4 rings (SSSR count). The van der Waals surface area contributed by atoms with Crippen molar-refractivity contribution in [2.45, 2.75) is 39.2 Å². The Morgan fingerprint density at radius 1 is 1.21 bits per heavy atom. The standard InChI is InChI=1S/C25H26N2O/c1-4-21-20-13-17(2)15-25(21,22-10-11-24(28)27-23(22)14-20)26-16-18(3)12-19-8-6-5-7-9-19/h4-13,16,20H,14-15H2,1-3H3,(H,27,28)/t20-,25+/m0/s1. The predicted molar refractivity (Wildman–Crippen MR) is 117 cm³/mol. The quantitative estimate of drug-likeness (QED) is 0.585. The molecule has 0 saturated carbocycles. The van der Waals surface area contributed by atoms with E-state index in [9.17, 15) is 4.79 Å². The molecule has 0 saturated heterocycles. The van der Waals surface area contributed by atoms with Crippen LogP contribution in [0.1, 0.15) is 44.0 Å². The fraction of sp³-hybridized carbons (Fsp3) is 0.280. The molecule has 0 unspecified atom stereocenters. The molecule has 0 amide bonds. The number of allylic oxidation sites excluding steroid dienone is 3. The van der Waals surface area contributed by atoms with E-state index in [1.165, 1.54) is 16.7 Å². The maximum Gasteiger partial charge on any atom is 0.248 e. The Bertz CT molecular complexity index is 1070. The molecule has 142 valence electrons. The van der Waals surface area contributed by atoms with Gasteiger partial charge in [-0.25, -0.2) is 0 Å². The zero-order chi connectivity index (χ0) is 19.7. The highest BCUT2D eigenvalue weighted by molar-refractivity contribution is 5.85. The third-order valence-electron chi connectivity index (χ3n) is 5.76. The second-order valence-corrected chi connectivity index (χ2v) is 7.88. The van der Waals surface area contributed by atoms with Crippen molar-refractivity contribution in [3.05, 3.63) is 98.5 Å². The normalized spacial score (nSPS) is 25.7. The molecular formula is C25H26N2O. The Balaban J connectivity index is 1.83. The van der Waals surface area contributed by atoms with Crippen LogP contribution in [0.3, 0.4) is 0 Å². The van der Waals surface area contributed by atoms with Crippen LogP contribution in [0.5, 0.6) is 0 Å². The smallest absolute Gasteiger partial charge is 0.248 e. The second-order valence-electron chi connectivity index (χ2n) is 7.88. The van der Waals surface area contributed by atoms with E-state index in [1.807, 2.05) is 30.5 Å². The Morgan fingerprint density at radius 3 is 2.75 bits per heavy atom. The van der Waals surface area contributed by atoms with E-state index in [1.54, 1.807) is 6.07 Å². The average molecular weight is 370 g/mol. The Morgan fingerprint density at radius 2 is 2.00 bits per heavy atom. The van der Waals surface area contributed by atoms with Crippen LogP contribution in [0.2, 0.25) is 0 Å². The van der Waals surface area contributed by atoms with Crippen LogP contribution < -0.4 is 5.56 Å². The van der Waals surface area contributed by atoms with Crippen molar-refractivity contribution in [3.8, 4) is 0 Å². The summed E-state index contributed by atoms with van der Waals surface area (Å²) in [6.07, 6.45) is 10.4. The van der Waals surface area contributed by atoms with Crippen molar-refractivity contribution in [2.24, 2.45) is 10.9 Å². The SMILES string of the molecule is CC=C1[C@H]2C=C(C)C[C@]1(N=CC(C)=Cc1ccccc1)c1ccc(=O)[nH]c1C2. The molecule has 1 aromatic heterocycles. The number of hydrogen-bond acceptors (Lipinski definition) is 2. The van der Waals surface area contributed by atoms with E-state index in [2.05, 4.69) is 56.1 Å². The first-order valence-corrected chi connectivity index (χ1v) is 9.87. The van der Waals surface area contributed by atoms with E-state index < -0.39 is 5.54 Å². The molecule has 2 atom stereocenters. The van der Waals surface area contributed by atoms with Crippen molar-refractivity contribution in [2.75, 3.05) is 0 Å². The summed E-state index contributed by atoms with van der Waals surface area (Å²) < 4.78 is 0. The van der Waals surface area contributed by atoms with Crippen LogP contribution in [0.15, 0.2) is 81.1 Å². The van der Waals surface area contributed by atoms with Crippen LogP contribution in [0.25, 0.3) is 6.08 Å². The number of H-pyrrole nitrogens is 1. The van der Waals surface area contributed by atoms with Gasteiger partial charge in [-0.15, -0.1) is 0 Å². The minimum absolute atomic E-state index is 0.0410. The molecule has 2 aliphatic rings. The van der Waals surface area contributed by atoms with E-state index in [0.29, 0.717) is 5.92 Å². The summed E-state index contributed by atoms with van der Waals surface area (Å²) in [7, 11) is 0. The van der Waals surface area contributed by atoms with E-state index in [0.717, 1.165) is 29.7 Å². The van der Waals surface area contributed by atoms with Gasteiger partial charge in [0.25, 0.3) is 0 Å². The van der Waals surface area contributed by atoms with Gasteiger partial charge in [-0.2, -0.15) is 0 Å². The largest absolute Gasteiger partial charge is 0.326 e. The molecule has 3 nitrogen and oxygen atoms in total. The highest BCUT2D eigenvalue weighted by Gasteiger charge is 2.46. The minimum atomic E-state index is -0.429. The number of nitrogens with zero attached hydrogens (tertiary/aromatic N) is 1. The lowest BCUT2D eigenvalue weighted by atomic mass is 9.63. The van der Waals surface area contributed by atoms with Crippen molar-refractivity contribution in [3.63, 3.8) is 0 Å². The highest BCUT2D eigenvalue weighted by Crippen LogP contribution is 2.51. The number of aliphatic imine (C=N–C) groups is 1. The lowest BCUT2D eigenvalue weighted by Crippen LogP contribution is -2.40. The number of pyridine rings is 1. The van der Waals surface area contributed by atoms with Crippen LogP contribution in [0, 0.1) is 5.92 Å². The second kappa shape index (κ2) is 7.23. The van der Waals surface area contributed by atoms with Gasteiger partial charge in [0, 0.05) is 35.9 Å². The van der Waals surface area contributed by atoms with E-state index >= 15 is 0 Å². The van der Waals surface area contributed by atoms with E-state index in [4.69, 9.17) is 4.99 Å². The summed E-state index contributed by atoms with van der Waals surface area (Å²) in [4.78, 5) is 20.2. The van der Waals surface area contributed by atoms with Gasteiger partial charge in [-0.05, 0) is 50.0 Å². The summed E-state index contributed by atoms with van der Waals surface area (Å²) in [6.45, 7) is 6.37. The van der Waals surface area contributed by atoms with Gasteiger partial charge in [-0.1, -0.05) is 54.1 Å². The predicted octanol–water partition coefficient (Wildman–Crippen LogP) is 5.21. The summed E-state index contributed by atoms with van der Waals surface area (Å²) in [5.41, 5.74) is 6.65. The first-order valence-electron chi connectivity index (χ1n) is 9.87. The number of rotatable bonds is 3. The lowest BCUT2D eigenvalue weighted by Gasteiger charge is -2.45. The van der Waals surface area contributed by atoms with Gasteiger partial charge in [0.15, 0.2) is 0 Å². The molecule has 2 aliphatic carbocycles. The van der Waals surface area contributed by atoms with Crippen molar-refractivity contribution < 1.29 is 0 Å². The third kappa shape index (κ3) is 3.22. The molecule has 3 heteroatoms. The maximum absolute atomic E-state index is 11.9. The summed E-state index contributed by atoms with van der Waals surface area (Å²) >= 11 is 0. The summed E-state index contributed by atoms with van der Waals surface area (Å²) in [5, 5.41) is 0. The average Bonchev–Trinajstić information content (AvgIpc) is 2.66. The molecule has 2 bridgehead atoms. The van der Waals surface area contributed by atoms with Gasteiger partial charge < -0.3 is 4.98 Å². The summed E-state index contributed by atoms with van der Waals surface area (Å²) in [5.74, 6) is 0.292. The zero-order valence-electron chi connectivity index (χ0n) is 16.7. The number of hydrogen-bond donors (Lipinski definition) is 1. The number of fused-ring (bicyclic) bond motifs is 4. The molecule has 0 aliphatic heterocycles. The molecule has 0 spiro atoms. The van der Waals surface area contributed by atoms with Crippen molar-refractivity contribution in [1.82, 2.24) is 4.98 Å². The molecule has 1 N–H and O–H groups in total. The maximum atomic E-state index is 11.9. The Labute approximate surface area is 166 Å². The molecule has 0 fully saturated rings. The van der Waals surface area contributed by atoms with E-state index in [-0.39, 0.29) is 5.56 Å².